The fourth-order valence-corrected chi connectivity index (χ4v) is 1.80. The lowest BCUT2D eigenvalue weighted by atomic mass is 10.3. The van der Waals surface area contributed by atoms with Crippen LogP contribution in [0.5, 0.6) is 11.5 Å². The molecule has 0 atom stereocenters. The summed E-state index contributed by atoms with van der Waals surface area (Å²) in [6.07, 6.45) is 0. The molecule has 0 aliphatic rings. The summed E-state index contributed by atoms with van der Waals surface area (Å²) in [7, 11) is 1.60. The average molecular weight is 302 g/mol. The summed E-state index contributed by atoms with van der Waals surface area (Å²) in [5, 5.41) is 2.71. The predicted molar refractivity (Wildman–Crippen MR) is 82.0 cm³/mol. The highest BCUT2D eigenvalue weighted by Gasteiger charge is 2.08. The number of nitrogens with zero attached hydrogens (tertiary/aromatic N) is 2. The van der Waals surface area contributed by atoms with Gasteiger partial charge < -0.3 is 20.5 Å². The molecule has 0 aliphatic carbocycles. The second-order valence-electron chi connectivity index (χ2n) is 4.53. The van der Waals surface area contributed by atoms with E-state index in [1.165, 1.54) is 0 Å². The molecule has 0 bridgehead atoms. The van der Waals surface area contributed by atoms with E-state index >= 15 is 0 Å². The molecule has 0 radical (unpaired) electrons. The first-order chi connectivity index (χ1) is 10.6. The lowest BCUT2D eigenvalue weighted by Crippen LogP contribution is -2.29. The Labute approximate surface area is 128 Å². The molecule has 2 aromatic rings. The maximum Gasteiger partial charge on any atom is 0.270 e. The van der Waals surface area contributed by atoms with Crippen LogP contribution < -0.4 is 20.5 Å². The lowest BCUT2D eigenvalue weighted by molar-refractivity contribution is 0.0942. The molecule has 0 saturated carbocycles. The van der Waals surface area contributed by atoms with Crippen LogP contribution in [0.25, 0.3) is 0 Å². The Morgan fingerprint density at radius 3 is 2.55 bits per heavy atom. The SMILES string of the molecule is COc1ccc(OCCNC(=O)c2cc(C)nc(N)n2)cc1. The van der Waals surface area contributed by atoms with Crippen molar-refractivity contribution >= 4 is 11.9 Å². The number of anilines is 1. The summed E-state index contributed by atoms with van der Waals surface area (Å²) in [4.78, 5) is 19.7. The van der Waals surface area contributed by atoms with E-state index in [1.807, 2.05) is 0 Å². The van der Waals surface area contributed by atoms with Gasteiger partial charge in [-0.25, -0.2) is 9.97 Å². The Morgan fingerprint density at radius 2 is 1.91 bits per heavy atom. The van der Waals surface area contributed by atoms with Crippen LogP contribution >= 0.6 is 0 Å². The van der Waals surface area contributed by atoms with E-state index < -0.39 is 0 Å². The third kappa shape index (κ3) is 4.34. The van der Waals surface area contributed by atoms with Gasteiger partial charge in [0.05, 0.1) is 13.7 Å². The quantitative estimate of drug-likeness (QED) is 0.777. The van der Waals surface area contributed by atoms with Crippen LogP contribution in [0, 0.1) is 6.92 Å². The first-order valence-corrected chi connectivity index (χ1v) is 6.74. The van der Waals surface area contributed by atoms with E-state index in [2.05, 4.69) is 15.3 Å². The number of benzene rings is 1. The number of methoxy groups -OCH3 is 1. The van der Waals surface area contributed by atoms with E-state index in [-0.39, 0.29) is 17.5 Å². The molecule has 0 saturated heterocycles. The van der Waals surface area contributed by atoms with Gasteiger partial charge in [-0.3, -0.25) is 4.79 Å². The van der Waals surface area contributed by atoms with Crippen molar-refractivity contribution in [1.29, 1.82) is 0 Å². The summed E-state index contributed by atoms with van der Waals surface area (Å²) in [5.74, 6) is 1.24. The molecule has 7 nitrogen and oxygen atoms in total. The minimum atomic E-state index is -0.310. The number of hydrogen-bond donors (Lipinski definition) is 2. The molecular formula is C15H18N4O3. The van der Waals surface area contributed by atoms with E-state index in [1.54, 1.807) is 44.4 Å². The van der Waals surface area contributed by atoms with Crippen molar-refractivity contribution in [2.24, 2.45) is 0 Å². The number of carbonyl (C=O) groups is 1. The van der Waals surface area contributed by atoms with Gasteiger partial charge in [-0.2, -0.15) is 0 Å². The Bertz CT molecular complexity index is 623. The number of rotatable bonds is 6. The smallest absolute Gasteiger partial charge is 0.270 e. The molecule has 3 N–H and O–H groups in total. The molecule has 1 aromatic heterocycles. The molecule has 0 unspecified atom stereocenters. The predicted octanol–water partition coefficient (Wildman–Crippen LogP) is 1.18. The summed E-state index contributed by atoms with van der Waals surface area (Å²) >= 11 is 0. The molecular weight excluding hydrogens is 284 g/mol. The van der Waals surface area contributed by atoms with E-state index in [9.17, 15) is 4.79 Å². The average Bonchev–Trinajstić information content (AvgIpc) is 2.51. The fourth-order valence-electron chi connectivity index (χ4n) is 1.80. The molecule has 1 amide bonds. The Kier molecular flexibility index (Phi) is 5.13. The highest BCUT2D eigenvalue weighted by molar-refractivity contribution is 5.92. The number of amides is 1. The van der Waals surface area contributed by atoms with Gasteiger partial charge in [-0.05, 0) is 37.3 Å². The van der Waals surface area contributed by atoms with Gasteiger partial charge in [0.2, 0.25) is 5.95 Å². The number of hydrogen-bond acceptors (Lipinski definition) is 6. The number of aryl methyl sites for hydroxylation is 1. The number of nitrogens with two attached hydrogens (primary N) is 1. The Morgan fingerprint density at radius 1 is 1.23 bits per heavy atom. The highest BCUT2D eigenvalue weighted by Crippen LogP contribution is 2.16. The van der Waals surface area contributed by atoms with Crippen LogP contribution in [0.1, 0.15) is 16.2 Å². The van der Waals surface area contributed by atoms with Crippen molar-refractivity contribution in [1.82, 2.24) is 15.3 Å². The van der Waals surface area contributed by atoms with Gasteiger partial charge in [-0.15, -0.1) is 0 Å². The van der Waals surface area contributed by atoms with Gasteiger partial charge in [0, 0.05) is 5.69 Å². The van der Waals surface area contributed by atoms with Gasteiger partial charge >= 0.3 is 0 Å². The maximum absolute atomic E-state index is 11.9. The molecule has 2 rings (SSSR count). The second kappa shape index (κ2) is 7.26. The van der Waals surface area contributed by atoms with Crippen LogP contribution in [-0.2, 0) is 0 Å². The van der Waals surface area contributed by atoms with E-state index in [0.717, 1.165) is 5.75 Å². The highest BCUT2D eigenvalue weighted by atomic mass is 16.5. The van der Waals surface area contributed by atoms with Crippen LogP contribution in [0.3, 0.4) is 0 Å². The molecule has 0 fully saturated rings. The van der Waals surface area contributed by atoms with Crippen molar-refractivity contribution in [2.45, 2.75) is 6.92 Å². The lowest BCUT2D eigenvalue weighted by Gasteiger charge is -2.08. The van der Waals surface area contributed by atoms with Crippen LogP contribution in [0.2, 0.25) is 0 Å². The normalized spacial score (nSPS) is 10.1. The third-order valence-electron chi connectivity index (χ3n) is 2.82. The second-order valence-corrected chi connectivity index (χ2v) is 4.53. The molecule has 1 heterocycles. The van der Waals surface area contributed by atoms with E-state index in [4.69, 9.17) is 15.2 Å². The zero-order valence-electron chi connectivity index (χ0n) is 12.5. The number of nitrogens with one attached hydrogen (secondary N) is 1. The largest absolute Gasteiger partial charge is 0.497 e. The minimum absolute atomic E-state index is 0.0830. The summed E-state index contributed by atoms with van der Waals surface area (Å²) in [5.41, 5.74) is 6.40. The van der Waals surface area contributed by atoms with Gasteiger partial charge in [0.15, 0.2) is 0 Å². The monoisotopic (exact) mass is 302 g/mol. The molecule has 7 heteroatoms. The number of ether oxygens (including phenoxy) is 2. The van der Waals surface area contributed by atoms with Crippen molar-refractivity contribution < 1.29 is 14.3 Å². The van der Waals surface area contributed by atoms with Crippen LogP contribution in [0.15, 0.2) is 30.3 Å². The topological polar surface area (TPSA) is 99.4 Å². The Hall–Kier alpha value is -2.83. The fraction of sp³-hybridized carbons (Fsp3) is 0.267. The zero-order valence-corrected chi connectivity index (χ0v) is 12.5. The minimum Gasteiger partial charge on any atom is -0.497 e. The van der Waals surface area contributed by atoms with Crippen molar-refractivity contribution in [3.05, 3.63) is 41.7 Å². The third-order valence-corrected chi connectivity index (χ3v) is 2.82. The summed E-state index contributed by atoms with van der Waals surface area (Å²) < 4.78 is 10.6. The van der Waals surface area contributed by atoms with Crippen molar-refractivity contribution in [2.75, 3.05) is 26.0 Å². The van der Waals surface area contributed by atoms with Crippen LogP contribution in [-0.4, -0.2) is 36.1 Å². The van der Waals surface area contributed by atoms with Crippen molar-refractivity contribution in [3.8, 4) is 11.5 Å². The molecule has 22 heavy (non-hydrogen) atoms. The molecule has 1 aromatic carbocycles. The number of nitrogen functional groups attached to an aromatic ring is 1. The number of carbonyl (C=O) groups excluding carboxylic acids is 1. The zero-order chi connectivity index (χ0) is 15.9. The van der Waals surface area contributed by atoms with Gasteiger partial charge in [0.1, 0.15) is 23.8 Å². The van der Waals surface area contributed by atoms with Crippen LogP contribution in [0.4, 0.5) is 5.95 Å². The van der Waals surface area contributed by atoms with Gasteiger partial charge in [-0.1, -0.05) is 0 Å². The number of aromatic nitrogens is 2. The first kappa shape index (κ1) is 15.6. The first-order valence-electron chi connectivity index (χ1n) is 6.74. The summed E-state index contributed by atoms with van der Waals surface area (Å²) in [6, 6.07) is 8.79. The van der Waals surface area contributed by atoms with Gasteiger partial charge in [0.25, 0.3) is 5.91 Å². The standard InChI is InChI=1S/C15H18N4O3/c1-10-9-13(19-15(16)18-10)14(20)17-7-8-22-12-5-3-11(21-2)4-6-12/h3-6,9H,7-8H2,1-2H3,(H,17,20)(H2,16,18,19). The molecule has 0 spiro atoms. The molecule has 116 valence electrons. The van der Waals surface area contributed by atoms with E-state index in [0.29, 0.717) is 24.6 Å². The van der Waals surface area contributed by atoms with Crippen molar-refractivity contribution in [3.63, 3.8) is 0 Å². The Balaban J connectivity index is 1.79. The summed E-state index contributed by atoms with van der Waals surface area (Å²) in [6.45, 7) is 2.45. The molecule has 0 aliphatic heterocycles. The maximum atomic E-state index is 11.9.